The average Bonchev–Trinajstić information content (AvgIpc) is 2.60. The van der Waals surface area contributed by atoms with Crippen molar-refractivity contribution in [3.8, 4) is 0 Å². The van der Waals surface area contributed by atoms with Gasteiger partial charge in [0.2, 0.25) is 10.0 Å². The van der Waals surface area contributed by atoms with Gasteiger partial charge in [-0.15, -0.1) is 0 Å². The molecular formula is C20H30N2O4S. The summed E-state index contributed by atoms with van der Waals surface area (Å²) < 4.78 is 32.9. The molecule has 6 nitrogen and oxygen atoms in total. The molecule has 0 spiro atoms. The molecule has 1 saturated heterocycles. The number of ether oxygens (including phenoxy) is 1. The van der Waals surface area contributed by atoms with E-state index in [2.05, 4.69) is 0 Å². The van der Waals surface area contributed by atoms with E-state index in [0.29, 0.717) is 31.1 Å². The summed E-state index contributed by atoms with van der Waals surface area (Å²) in [6.07, 6.45) is 4.31. The molecule has 7 heteroatoms. The Balaban J connectivity index is 1.61. The van der Waals surface area contributed by atoms with E-state index in [1.54, 1.807) is 6.07 Å². The van der Waals surface area contributed by atoms with E-state index in [4.69, 9.17) is 4.74 Å². The molecule has 1 fully saturated rings. The van der Waals surface area contributed by atoms with Crippen LogP contribution in [-0.2, 0) is 32.4 Å². The lowest BCUT2D eigenvalue weighted by Gasteiger charge is -2.34. The summed E-state index contributed by atoms with van der Waals surface area (Å²) in [6, 6.07) is 5.57. The first-order chi connectivity index (χ1) is 12.6. The molecular weight excluding hydrogens is 364 g/mol. The zero-order valence-electron chi connectivity index (χ0n) is 16.5. The first-order valence-corrected chi connectivity index (χ1v) is 11.2. The number of carbonyl (C=O) groups is 1. The number of benzene rings is 1. The Morgan fingerprint density at radius 3 is 2.30 bits per heavy atom. The second-order valence-electron chi connectivity index (χ2n) is 8.40. The van der Waals surface area contributed by atoms with Crippen LogP contribution in [-0.4, -0.2) is 61.9 Å². The van der Waals surface area contributed by atoms with Crippen molar-refractivity contribution in [3.63, 3.8) is 0 Å². The van der Waals surface area contributed by atoms with Crippen molar-refractivity contribution in [1.29, 1.82) is 0 Å². The van der Waals surface area contributed by atoms with E-state index in [1.165, 1.54) is 21.9 Å². The molecule has 0 radical (unpaired) electrons. The molecule has 1 aliphatic heterocycles. The molecule has 1 aromatic carbocycles. The number of nitrogens with zero attached hydrogens (tertiary/aromatic N) is 2. The lowest BCUT2D eigenvalue weighted by atomic mass is 9.92. The quantitative estimate of drug-likeness (QED) is 0.733. The minimum atomic E-state index is -3.49. The van der Waals surface area contributed by atoms with Gasteiger partial charge in [0, 0.05) is 26.2 Å². The fourth-order valence-corrected chi connectivity index (χ4v) is 5.18. The van der Waals surface area contributed by atoms with E-state index < -0.39 is 15.6 Å². The van der Waals surface area contributed by atoms with Gasteiger partial charge in [-0.25, -0.2) is 8.42 Å². The van der Waals surface area contributed by atoms with Gasteiger partial charge >= 0.3 is 5.97 Å². The molecule has 0 bridgehead atoms. The fraction of sp³-hybridized carbons (Fsp3) is 0.650. The maximum atomic E-state index is 13.0. The highest BCUT2D eigenvalue weighted by Crippen LogP contribution is 2.26. The number of aryl methyl sites for hydroxylation is 2. The van der Waals surface area contributed by atoms with Gasteiger partial charge in [-0.05, 0) is 69.7 Å². The van der Waals surface area contributed by atoms with Crippen molar-refractivity contribution in [1.82, 2.24) is 9.21 Å². The molecule has 0 atom stereocenters. The van der Waals surface area contributed by atoms with Crippen molar-refractivity contribution in [2.24, 2.45) is 0 Å². The molecule has 1 aliphatic carbocycles. The Labute approximate surface area is 162 Å². The number of carbonyl (C=O) groups excluding carboxylic acids is 1. The summed E-state index contributed by atoms with van der Waals surface area (Å²) in [6.45, 7) is 7.57. The van der Waals surface area contributed by atoms with Gasteiger partial charge in [-0.3, -0.25) is 9.69 Å². The smallest absolute Gasteiger partial charge is 0.320 e. The maximum absolute atomic E-state index is 13.0. The fourth-order valence-electron chi connectivity index (χ4n) is 3.70. The second-order valence-corrected chi connectivity index (χ2v) is 10.3. The zero-order valence-corrected chi connectivity index (χ0v) is 17.3. The van der Waals surface area contributed by atoms with Crippen molar-refractivity contribution in [2.75, 3.05) is 32.7 Å². The molecule has 0 aromatic heterocycles. The molecule has 27 heavy (non-hydrogen) atoms. The van der Waals surface area contributed by atoms with Gasteiger partial charge in [0.05, 0.1) is 11.4 Å². The number of fused-ring (bicyclic) bond motifs is 1. The minimum Gasteiger partial charge on any atom is -0.459 e. The van der Waals surface area contributed by atoms with Gasteiger partial charge in [-0.1, -0.05) is 6.07 Å². The largest absolute Gasteiger partial charge is 0.459 e. The van der Waals surface area contributed by atoms with E-state index >= 15 is 0 Å². The maximum Gasteiger partial charge on any atom is 0.320 e. The van der Waals surface area contributed by atoms with E-state index in [0.717, 1.165) is 19.3 Å². The van der Waals surface area contributed by atoms with E-state index in [9.17, 15) is 13.2 Å². The monoisotopic (exact) mass is 394 g/mol. The van der Waals surface area contributed by atoms with Gasteiger partial charge in [0.25, 0.3) is 0 Å². The van der Waals surface area contributed by atoms with Crippen LogP contribution in [0.1, 0.15) is 44.7 Å². The number of esters is 1. The van der Waals surface area contributed by atoms with Crippen LogP contribution in [0.5, 0.6) is 0 Å². The SMILES string of the molecule is CC(C)(C)OC(=O)CN1CCN(S(=O)(=O)c2ccc3c(c2)CCCC3)CC1. The lowest BCUT2D eigenvalue weighted by Crippen LogP contribution is -2.50. The standard InChI is InChI=1S/C20H30N2O4S/c1-20(2,3)26-19(23)15-21-10-12-22(13-11-21)27(24,25)18-9-8-16-6-4-5-7-17(16)14-18/h8-9,14H,4-7,10-13,15H2,1-3H3. The number of hydrogen-bond donors (Lipinski definition) is 0. The summed E-state index contributed by atoms with van der Waals surface area (Å²) in [7, 11) is -3.49. The number of sulfonamides is 1. The van der Waals surface area contributed by atoms with Gasteiger partial charge in [-0.2, -0.15) is 4.31 Å². The van der Waals surface area contributed by atoms with Crippen LogP contribution in [0.15, 0.2) is 23.1 Å². The normalized spacial score (nSPS) is 19.5. The Morgan fingerprint density at radius 1 is 1.04 bits per heavy atom. The first kappa shape index (κ1) is 20.3. The van der Waals surface area contributed by atoms with E-state index in [1.807, 2.05) is 37.8 Å². The molecule has 1 aromatic rings. The van der Waals surface area contributed by atoms with Crippen LogP contribution < -0.4 is 0 Å². The number of hydrogen-bond acceptors (Lipinski definition) is 5. The topological polar surface area (TPSA) is 66.9 Å². The summed E-state index contributed by atoms with van der Waals surface area (Å²) in [5, 5.41) is 0. The molecule has 0 unspecified atom stereocenters. The highest BCUT2D eigenvalue weighted by molar-refractivity contribution is 7.89. The van der Waals surface area contributed by atoms with Crippen molar-refractivity contribution in [3.05, 3.63) is 29.3 Å². The Hall–Kier alpha value is -1.44. The Bertz CT molecular complexity index is 791. The van der Waals surface area contributed by atoms with Crippen LogP contribution in [0.2, 0.25) is 0 Å². The predicted octanol–water partition coefficient (Wildman–Crippen LogP) is 2.21. The molecule has 2 aliphatic rings. The highest BCUT2D eigenvalue weighted by atomic mass is 32.2. The molecule has 0 amide bonds. The molecule has 3 rings (SSSR count). The molecule has 0 saturated carbocycles. The summed E-state index contributed by atoms with van der Waals surface area (Å²) in [4.78, 5) is 14.3. The summed E-state index contributed by atoms with van der Waals surface area (Å²) >= 11 is 0. The van der Waals surface area contributed by atoms with Gasteiger partial charge in [0.1, 0.15) is 5.60 Å². The van der Waals surface area contributed by atoms with Crippen LogP contribution in [0.25, 0.3) is 0 Å². The predicted molar refractivity (Wildman–Crippen MR) is 104 cm³/mol. The first-order valence-electron chi connectivity index (χ1n) is 9.71. The second kappa shape index (κ2) is 7.89. The van der Waals surface area contributed by atoms with Crippen molar-refractivity contribution >= 4 is 16.0 Å². The minimum absolute atomic E-state index is 0.198. The third-order valence-corrected chi connectivity index (χ3v) is 6.96. The lowest BCUT2D eigenvalue weighted by molar-refractivity contribution is -0.156. The Morgan fingerprint density at radius 2 is 1.67 bits per heavy atom. The molecule has 150 valence electrons. The third kappa shape index (κ3) is 5.09. The third-order valence-electron chi connectivity index (χ3n) is 5.06. The summed E-state index contributed by atoms with van der Waals surface area (Å²) in [5.41, 5.74) is 1.95. The van der Waals surface area contributed by atoms with Crippen molar-refractivity contribution in [2.45, 2.75) is 57.0 Å². The number of rotatable bonds is 4. The van der Waals surface area contributed by atoms with Gasteiger partial charge < -0.3 is 4.74 Å². The van der Waals surface area contributed by atoms with E-state index in [-0.39, 0.29) is 12.5 Å². The van der Waals surface area contributed by atoms with Crippen LogP contribution in [0.4, 0.5) is 0 Å². The molecule has 0 N–H and O–H groups in total. The highest BCUT2D eigenvalue weighted by Gasteiger charge is 2.30. The summed E-state index contributed by atoms with van der Waals surface area (Å²) in [5.74, 6) is -0.270. The average molecular weight is 395 g/mol. The Kier molecular flexibility index (Phi) is 5.93. The van der Waals surface area contributed by atoms with Crippen LogP contribution >= 0.6 is 0 Å². The van der Waals surface area contributed by atoms with Crippen LogP contribution in [0.3, 0.4) is 0 Å². The van der Waals surface area contributed by atoms with Crippen molar-refractivity contribution < 1.29 is 17.9 Å². The van der Waals surface area contributed by atoms with Crippen LogP contribution in [0, 0.1) is 0 Å². The molecule has 1 heterocycles. The van der Waals surface area contributed by atoms with Gasteiger partial charge in [0.15, 0.2) is 0 Å². The zero-order chi connectivity index (χ0) is 19.7. The number of piperazine rings is 1.